The van der Waals surface area contributed by atoms with Crippen LogP contribution in [0.5, 0.6) is 11.5 Å². The molecule has 0 aliphatic carbocycles. The van der Waals surface area contributed by atoms with E-state index in [9.17, 15) is 9.59 Å². The van der Waals surface area contributed by atoms with Crippen LogP contribution in [-0.4, -0.2) is 67.4 Å². The molecule has 8 nitrogen and oxygen atoms in total. The topological polar surface area (TPSA) is 84.0 Å². The second-order valence-electron chi connectivity index (χ2n) is 8.43. The molecule has 0 radical (unpaired) electrons. The van der Waals surface area contributed by atoms with E-state index in [0.29, 0.717) is 42.3 Å². The first-order chi connectivity index (χ1) is 17.0. The van der Waals surface area contributed by atoms with Gasteiger partial charge in [0.1, 0.15) is 6.61 Å². The zero-order valence-electron chi connectivity index (χ0n) is 20.2. The Labute approximate surface area is 205 Å². The van der Waals surface area contributed by atoms with Crippen molar-refractivity contribution >= 4 is 11.8 Å². The lowest BCUT2D eigenvalue weighted by molar-refractivity contribution is 0.0545. The predicted molar refractivity (Wildman–Crippen MR) is 133 cm³/mol. The number of ether oxygens (including phenoxy) is 2. The second-order valence-corrected chi connectivity index (χ2v) is 8.43. The maximum atomic E-state index is 13.4. The Morgan fingerprint density at radius 3 is 2.63 bits per heavy atom. The van der Waals surface area contributed by atoms with Crippen LogP contribution < -0.4 is 14.8 Å². The molecular formula is C27H30N4O4. The van der Waals surface area contributed by atoms with Gasteiger partial charge in [0, 0.05) is 44.0 Å². The Bertz CT molecular complexity index is 1180. The lowest BCUT2D eigenvalue weighted by Gasteiger charge is -2.40. The van der Waals surface area contributed by atoms with Crippen LogP contribution >= 0.6 is 0 Å². The van der Waals surface area contributed by atoms with E-state index in [1.165, 1.54) is 0 Å². The van der Waals surface area contributed by atoms with E-state index in [1.807, 2.05) is 48.3 Å². The molecule has 1 N–H and O–H groups in total. The summed E-state index contributed by atoms with van der Waals surface area (Å²) < 4.78 is 11.4. The van der Waals surface area contributed by atoms with Gasteiger partial charge >= 0.3 is 0 Å². The molecule has 4 rings (SSSR count). The summed E-state index contributed by atoms with van der Waals surface area (Å²) in [6.45, 7) is 2.16. The summed E-state index contributed by atoms with van der Waals surface area (Å²) >= 11 is 0. The highest BCUT2D eigenvalue weighted by Crippen LogP contribution is 2.31. The van der Waals surface area contributed by atoms with Crippen molar-refractivity contribution in [2.45, 2.75) is 12.6 Å². The Balaban J connectivity index is 1.49. The minimum atomic E-state index is -0.129. The lowest BCUT2D eigenvalue weighted by Crippen LogP contribution is -2.49. The molecule has 1 saturated heterocycles. The standard InChI is InChI=1S/C27H30N4O4/c1-28-26(32)20-8-6-7-19(15-20)23-17-31(14-13-30(23)2)27(33)21-10-11-24(25(16-21)34-3)35-18-22-9-4-5-12-29-22/h4-12,15-16,23H,13-14,17-18H2,1-3H3,(H,28,32). The van der Waals surface area contributed by atoms with Crippen LogP contribution in [0.2, 0.25) is 0 Å². The third kappa shape index (κ3) is 5.60. The average molecular weight is 475 g/mol. The van der Waals surface area contributed by atoms with E-state index >= 15 is 0 Å². The van der Waals surface area contributed by atoms with Gasteiger partial charge in [-0.3, -0.25) is 19.5 Å². The molecule has 3 aromatic rings. The van der Waals surface area contributed by atoms with Gasteiger partial charge in [-0.25, -0.2) is 0 Å². The number of pyridine rings is 1. The van der Waals surface area contributed by atoms with E-state index in [-0.39, 0.29) is 17.9 Å². The Hall–Kier alpha value is -3.91. The molecule has 2 amide bonds. The summed E-state index contributed by atoms with van der Waals surface area (Å²) in [7, 11) is 5.21. The van der Waals surface area contributed by atoms with E-state index in [1.54, 1.807) is 44.6 Å². The molecule has 0 saturated carbocycles. The van der Waals surface area contributed by atoms with Gasteiger partial charge < -0.3 is 19.7 Å². The third-order valence-corrected chi connectivity index (χ3v) is 6.21. The van der Waals surface area contributed by atoms with Gasteiger partial charge in [0.2, 0.25) is 0 Å². The zero-order chi connectivity index (χ0) is 24.8. The number of methoxy groups -OCH3 is 1. The number of piperazine rings is 1. The maximum absolute atomic E-state index is 13.4. The minimum Gasteiger partial charge on any atom is -0.493 e. The van der Waals surface area contributed by atoms with Crippen LogP contribution in [-0.2, 0) is 6.61 Å². The number of hydrogen-bond acceptors (Lipinski definition) is 6. The summed E-state index contributed by atoms with van der Waals surface area (Å²) in [5, 5.41) is 2.66. The number of nitrogens with zero attached hydrogens (tertiary/aromatic N) is 3. The van der Waals surface area contributed by atoms with Crippen molar-refractivity contribution in [3.63, 3.8) is 0 Å². The van der Waals surface area contributed by atoms with Gasteiger partial charge in [-0.1, -0.05) is 18.2 Å². The fourth-order valence-electron chi connectivity index (χ4n) is 4.19. The van der Waals surface area contributed by atoms with Crippen molar-refractivity contribution in [1.82, 2.24) is 20.1 Å². The van der Waals surface area contributed by atoms with E-state index in [4.69, 9.17) is 9.47 Å². The summed E-state index contributed by atoms with van der Waals surface area (Å²) in [4.78, 5) is 33.8. The summed E-state index contributed by atoms with van der Waals surface area (Å²) in [5.41, 5.74) is 2.95. The molecule has 0 bridgehead atoms. The van der Waals surface area contributed by atoms with Gasteiger partial charge in [-0.2, -0.15) is 0 Å². The highest BCUT2D eigenvalue weighted by atomic mass is 16.5. The van der Waals surface area contributed by atoms with Gasteiger partial charge in [0.05, 0.1) is 18.8 Å². The molecule has 8 heteroatoms. The number of hydrogen-bond donors (Lipinski definition) is 1. The van der Waals surface area contributed by atoms with Crippen molar-refractivity contribution in [1.29, 1.82) is 0 Å². The fraction of sp³-hybridized carbons (Fsp3) is 0.296. The van der Waals surface area contributed by atoms with Crippen LogP contribution in [0.3, 0.4) is 0 Å². The van der Waals surface area contributed by atoms with Crippen LogP contribution in [0.1, 0.15) is 38.0 Å². The van der Waals surface area contributed by atoms with Crippen molar-refractivity contribution in [3.05, 3.63) is 89.2 Å². The SMILES string of the molecule is CNC(=O)c1cccc(C2CN(C(=O)c3ccc(OCc4ccccn4)c(OC)c3)CCN2C)c1. The van der Waals surface area contributed by atoms with Gasteiger partial charge in [0.15, 0.2) is 11.5 Å². The summed E-state index contributed by atoms with van der Waals surface area (Å²) in [6.07, 6.45) is 1.72. The van der Waals surface area contributed by atoms with Crippen molar-refractivity contribution < 1.29 is 19.1 Å². The van der Waals surface area contributed by atoms with Gasteiger partial charge in [-0.15, -0.1) is 0 Å². The molecule has 35 heavy (non-hydrogen) atoms. The first-order valence-corrected chi connectivity index (χ1v) is 11.5. The summed E-state index contributed by atoms with van der Waals surface area (Å²) in [6, 6.07) is 18.4. The van der Waals surface area contributed by atoms with Crippen molar-refractivity contribution in [3.8, 4) is 11.5 Å². The average Bonchev–Trinajstić information content (AvgIpc) is 2.91. The molecular weight excluding hydrogens is 444 g/mol. The molecule has 182 valence electrons. The van der Waals surface area contributed by atoms with Gasteiger partial charge in [0.25, 0.3) is 11.8 Å². The highest BCUT2D eigenvalue weighted by molar-refractivity contribution is 5.95. The Morgan fingerprint density at radius 1 is 1.03 bits per heavy atom. The van der Waals surface area contributed by atoms with E-state index in [0.717, 1.165) is 17.8 Å². The first kappa shape index (κ1) is 24.2. The van der Waals surface area contributed by atoms with E-state index < -0.39 is 0 Å². The van der Waals surface area contributed by atoms with Crippen LogP contribution in [0, 0.1) is 0 Å². The molecule has 1 aliphatic rings. The van der Waals surface area contributed by atoms with Crippen LogP contribution in [0.4, 0.5) is 0 Å². The van der Waals surface area contributed by atoms with E-state index in [2.05, 4.69) is 15.2 Å². The van der Waals surface area contributed by atoms with Crippen molar-refractivity contribution in [2.24, 2.45) is 0 Å². The number of amides is 2. The maximum Gasteiger partial charge on any atom is 0.254 e. The lowest BCUT2D eigenvalue weighted by atomic mass is 9.99. The number of nitrogens with one attached hydrogen (secondary N) is 1. The van der Waals surface area contributed by atoms with Crippen molar-refractivity contribution in [2.75, 3.05) is 40.8 Å². The number of benzene rings is 2. The first-order valence-electron chi connectivity index (χ1n) is 11.5. The number of carbonyl (C=O) groups is 2. The number of rotatable bonds is 7. The zero-order valence-corrected chi connectivity index (χ0v) is 20.2. The Morgan fingerprint density at radius 2 is 1.89 bits per heavy atom. The predicted octanol–water partition coefficient (Wildman–Crippen LogP) is 3.16. The molecule has 0 spiro atoms. The monoisotopic (exact) mass is 474 g/mol. The smallest absolute Gasteiger partial charge is 0.254 e. The largest absolute Gasteiger partial charge is 0.493 e. The molecule has 1 atom stereocenters. The number of likely N-dealkylation sites (N-methyl/N-ethyl adjacent to an activating group) is 1. The number of carbonyl (C=O) groups excluding carboxylic acids is 2. The molecule has 2 aromatic carbocycles. The molecule has 2 heterocycles. The Kier molecular flexibility index (Phi) is 7.62. The number of aromatic nitrogens is 1. The van der Waals surface area contributed by atoms with Crippen LogP contribution in [0.25, 0.3) is 0 Å². The summed E-state index contributed by atoms with van der Waals surface area (Å²) in [5.74, 6) is 0.850. The molecule has 1 aliphatic heterocycles. The van der Waals surface area contributed by atoms with Crippen LogP contribution in [0.15, 0.2) is 66.9 Å². The molecule has 1 fully saturated rings. The fourth-order valence-corrected chi connectivity index (χ4v) is 4.19. The normalized spacial score (nSPS) is 16.0. The molecule has 1 aromatic heterocycles. The second kappa shape index (κ2) is 11.0. The molecule has 1 unspecified atom stereocenters. The third-order valence-electron chi connectivity index (χ3n) is 6.21. The highest BCUT2D eigenvalue weighted by Gasteiger charge is 2.29. The minimum absolute atomic E-state index is 0.0137. The van der Waals surface area contributed by atoms with Gasteiger partial charge in [-0.05, 0) is 55.1 Å². The quantitative estimate of drug-likeness (QED) is 0.566.